The van der Waals surface area contributed by atoms with Gasteiger partial charge in [0, 0.05) is 31.3 Å². The van der Waals surface area contributed by atoms with Gasteiger partial charge in [-0.1, -0.05) is 24.6 Å². The van der Waals surface area contributed by atoms with E-state index >= 15 is 0 Å². The molecular formula is C19H22FN3O5S. The molecule has 0 radical (unpaired) electrons. The number of nitrogens with zero attached hydrogens (tertiary/aromatic N) is 2. The van der Waals surface area contributed by atoms with Crippen molar-refractivity contribution in [3.05, 3.63) is 64.0 Å². The monoisotopic (exact) mass is 423 g/mol. The molecular weight excluding hydrogens is 401 g/mol. The fourth-order valence-corrected chi connectivity index (χ4v) is 4.83. The van der Waals surface area contributed by atoms with Crippen LogP contribution in [0.3, 0.4) is 0 Å². The molecule has 0 aromatic heterocycles. The molecule has 0 aliphatic carbocycles. The Morgan fingerprint density at radius 1 is 1.17 bits per heavy atom. The summed E-state index contributed by atoms with van der Waals surface area (Å²) in [6.45, 7) is 0.607. The summed E-state index contributed by atoms with van der Waals surface area (Å²) in [5.41, 5.74) is -0.321. The van der Waals surface area contributed by atoms with Gasteiger partial charge in [-0.25, -0.2) is 12.8 Å². The molecule has 1 aliphatic rings. The molecule has 29 heavy (non-hydrogen) atoms. The number of halogens is 1. The topological polar surface area (TPSA) is 113 Å². The fraction of sp³-hybridized carbons (Fsp3) is 0.368. The first kappa shape index (κ1) is 21.2. The van der Waals surface area contributed by atoms with Gasteiger partial charge in [-0.15, -0.1) is 0 Å². The van der Waals surface area contributed by atoms with E-state index in [9.17, 15) is 28.0 Å². The maximum atomic E-state index is 13.8. The summed E-state index contributed by atoms with van der Waals surface area (Å²) < 4.78 is 40.6. The molecule has 0 spiro atoms. The van der Waals surface area contributed by atoms with Crippen molar-refractivity contribution in [1.29, 1.82) is 0 Å². The fourth-order valence-electron chi connectivity index (χ4n) is 3.29. The number of hydrogen-bond acceptors (Lipinski definition) is 6. The Labute approximate surface area is 168 Å². The third kappa shape index (κ3) is 4.72. The highest BCUT2D eigenvalue weighted by atomic mass is 32.2. The normalized spacial score (nSPS) is 16.3. The second kappa shape index (κ2) is 8.85. The van der Waals surface area contributed by atoms with Crippen LogP contribution >= 0.6 is 0 Å². The van der Waals surface area contributed by atoms with Gasteiger partial charge in [-0.05, 0) is 31.0 Å². The highest BCUT2D eigenvalue weighted by molar-refractivity contribution is 7.89. The van der Waals surface area contributed by atoms with E-state index < -0.39 is 32.6 Å². The second-order valence-corrected chi connectivity index (χ2v) is 8.76. The number of aliphatic hydroxyl groups excluding tert-OH is 1. The lowest BCUT2D eigenvalue weighted by Crippen LogP contribution is -2.35. The Balaban J connectivity index is 1.81. The molecule has 0 saturated carbocycles. The Hall–Kier alpha value is -2.56. The molecule has 1 atom stereocenters. The van der Waals surface area contributed by atoms with Crippen molar-refractivity contribution in [1.82, 2.24) is 4.31 Å². The maximum absolute atomic E-state index is 13.8. The molecule has 1 saturated heterocycles. The molecule has 156 valence electrons. The van der Waals surface area contributed by atoms with Crippen molar-refractivity contribution >= 4 is 21.4 Å². The first-order valence-electron chi connectivity index (χ1n) is 9.25. The number of nitro benzene ring substituents is 1. The molecule has 1 aliphatic heterocycles. The Morgan fingerprint density at radius 2 is 1.86 bits per heavy atom. The predicted octanol–water partition coefficient (Wildman–Crippen LogP) is 3.05. The van der Waals surface area contributed by atoms with E-state index in [0.29, 0.717) is 13.1 Å². The summed E-state index contributed by atoms with van der Waals surface area (Å²) in [4.78, 5) is 10.6. The van der Waals surface area contributed by atoms with Crippen LogP contribution in [0.25, 0.3) is 0 Å². The van der Waals surface area contributed by atoms with Crippen LogP contribution in [0.15, 0.2) is 47.4 Å². The van der Waals surface area contributed by atoms with Crippen LogP contribution < -0.4 is 5.32 Å². The quantitative estimate of drug-likeness (QED) is 0.523. The zero-order valence-electron chi connectivity index (χ0n) is 15.6. The summed E-state index contributed by atoms with van der Waals surface area (Å²) in [5, 5.41) is 24.4. The van der Waals surface area contributed by atoms with Crippen LogP contribution in [0, 0.1) is 15.9 Å². The summed E-state index contributed by atoms with van der Waals surface area (Å²) >= 11 is 0. The summed E-state index contributed by atoms with van der Waals surface area (Å²) in [6.07, 6.45) is 1.25. The average molecular weight is 423 g/mol. The van der Waals surface area contributed by atoms with Crippen molar-refractivity contribution in [2.75, 3.05) is 25.0 Å². The highest BCUT2D eigenvalue weighted by Crippen LogP contribution is 2.30. The van der Waals surface area contributed by atoms with E-state index in [0.717, 1.165) is 25.3 Å². The van der Waals surface area contributed by atoms with Gasteiger partial charge < -0.3 is 10.4 Å². The number of nitro groups is 1. The summed E-state index contributed by atoms with van der Waals surface area (Å²) in [6, 6.07) is 9.31. The van der Waals surface area contributed by atoms with Gasteiger partial charge in [0.2, 0.25) is 10.0 Å². The number of anilines is 1. The third-order valence-corrected chi connectivity index (χ3v) is 6.76. The van der Waals surface area contributed by atoms with Crippen LogP contribution in [-0.4, -0.2) is 42.4 Å². The van der Waals surface area contributed by atoms with E-state index in [1.165, 1.54) is 34.6 Å². The van der Waals surface area contributed by atoms with Crippen LogP contribution in [-0.2, 0) is 10.0 Å². The second-order valence-electron chi connectivity index (χ2n) is 6.82. The number of piperidine rings is 1. The molecule has 8 nitrogen and oxygen atoms in total. The number of hydrogen-bond donors (Lipinski definition) is 2. The van der Waals surface area contributed by atoms with Crippen LogP contribution in [0.4, 0.5) is 15.8 Å². The molecule has 1 fully saturated rings. The average Bonchev–Trinajstić information content (AvgIpc) is 2.72. The lowest BCUT2D eigenvalue weighted by Gasteiger charge is -2.25. The van der Waals surface area contributed by atoms with Crippen molar-refractivity contribution in [2.24, 2.45) is 0 Å². The third-order valence-electron chi connectivity index (χ3n) is 4.87. The zero-order chi connectivity index (χ0) is 21.0. The molecule has 1 unspecified atom stereocenters. The predicted molar refractivity (Wildman–Crippen MR) is 106 cm³/mol. The van der Waals surface area contributed by atoms with Gasteiger partial charge in [0.1, 0.15) is 11.5 Å². The standard InChI is InChI=1S/C19H22FN3O5S/c20-16-7-3-2-6-15(16)19(24)13-21-17-9-8-14(12-18(17)23(25)26)29(27,28)22-10-4-1-5-11-22/h2-3,6-9,12,19,21,24H,1,4-5,10-11,13H2. The number of sulfonamides is 1. The number of benzene rings is 2. The molecule has 0 amide bonds. The molecule has 10 heteroatoms. The Bertz CT molecular complexity index is 993. The molecule has 2 N–H and O–H groups in total. The molecule has 2 aromatic rings. The highest BCUT2D eigenvalue weighted by Gasteiger charge is 2.28. The Kier molecular flexibility index (Phi) is 6.46. The molecule has 0 bridgehead atoms. The van der Waals surface area contributed by atoms with E-state index in [-0.39, 0.29) is 22.7 Å². The summed E-state index contributed by atoms with van der Waals surface area (Å²) in [5.74, 6) is -0.584. The van der Waals surface area contributed by atoms with Crippen molar-refractivity contribution in [3.8, 4) is 0 Å². The van der Waals surface area contributed by atoms with Crippen molar-refractivity contribution in [3.63, 3.8) is 0 Å². The van der Waals surface area contributed by atoms with E-state index in [1.807, 2.05) is 0 Å². The van der Waals surface area contributed by atoms with E-state index in [1.54, 1.807) is 6.07 Å². The minimum absolute atomic E-state index is 0.0444. The van der Waals surface area contributed by atoms with Gasteiger partial charge in [-0.3, -0.25) is 10.1 Å². The minimum Gasteiger partial charge on any atom is -0.386 e. The van der Waals surface area contributed by atoms with E-state index in [2.05, 4.69) is 5.32 Å². The Morgan fingerprint density at radius 3 is 2.52 bits per heavy atom. The van der Waals surface area contributed by atoms with Crippen LogP contribution in [0.5, 0.6) is 0 Å². The first-order valence-corrected chi connectivity index (χ1v) is 10.7. The van der Waals surface area contributed by atoms with Crippen molar-refractivity contribution < 1.29 is 22.8 Å². The molecule has 3 rings (SSSR count). The van der Waals surface area contributed by atoms with Gasteiger partial charge in [-0.2, -0.15) is 4.31 Å². The molecule has 1 heterocycles. The summed E-state index contributed by atoms with van der Waals surface area (Å²) in [7, 11) is -3.81. The number of rotatable bonds is 7. The molecule has 2 aromatic carbocycles. The van der Waals surface area contributed by atoms with Crippen LogP contribution in [0.2, 0.25) is 0 Å². The number of nitrogens with one attached hydrogen (secondary N) is 1. The van der Waals surface area contributed by atoms with Gasteiger partial charge in [0.25, 0.3) is 5.69 Å². The zero-order valence-corrected chi connectivity index (χ0v) is 16.4. The van der Waals surface area contributed by atoms with Crippen LogP contribution in [0.1, 0.15) is 30.9 Å². The van der Waals surface area contributed by atoms with E-state index in [4.69, 9.17) is 0 Å². The van der Waals surface area contributed by atoms with Gasteiger partial charge in [0.05, 0.1) is 15.9 Å². The lowest BCUT2D eigenvalue weighted by molar-refractivity contribution is -0.384. The van der Waals surface area contributed by atoms with Gasteiger partial charge in [0.15, 0.2) is 0 Å². The van der Waals surface area contributed by atoms with Gasteiger partial charge >= 0.3 is 0 Å². The largest absolute Gasteiger partial charge is 0.386 e. The van der Waals surface area contributed by atoms with Crippen molar-refractivity contribution in [2.45, 2.75) is 30.3 Å². The first-order chi connectivity index (χ1) is 13.8. The smallest absolute Gasteiger partial charge is 0.293 e. The SMILES string of the molecule is O=[N+]([O-])c1cc(S(=O)(=O)N2CCCCC2)ccc1NCC(O)c1ccccc1F. The maximum Gasteiger partial charge on any atom is 0.293 e. The lowest BCUT2D eigenvalue weighted by atomic mass is 10.1. The number of aliphatic hydroxyl groups is 1. The minimum atomic E-state index is -3.81.